The lowest BCUT2D eigenvalue weighted by Gasteiger charge is -2.37. The van der Waals surface area contributed by atoms with Gasteiger partial charge in [-0.1, -0.05) is 35.5 Å². The highest BCUT2D eigenvalue weighted by molar-refractivity contribution is 5.68. The van der Waals surface area contributed by atoms with Crippen LogP contribution in [0.1, 0.15) is 31.7 Å². The molecule has 1 aliphatic heterocycles. The molecule has 1 aromatic rings. The van der Waals surface area contributed by atoms with Gasteiger partial charge in [0.25, 0.3) is 0 Å². The van der Waals surface area contributed by atoms with Gasteiger partial charge in [0.05, 0.1) is 6.02 Å². The molecule has 0 aliphatic carbocycles. The summed E-state index contributed by atoms with van der Waals surface area (Å²) >= 11 is 0. The fourth-order valence-corrected chi connectivity index (χ4v) is 2.17. The Hall–Kier alpha value is -1.71. The Labute approximate surface area is 108 Å². The quantitative estimate of drug-likeness (QED) is 0.464. The molecule has 1 aliphatic rings. The molecule has 1 atom stereocenters. The van der Waals surface area contributed by atoms with Crippen LogP contribution in [-0.2, 0) is 11.4 Å². The van der Waals surface area contributed by atoms with Gasteiger partial charge in [0.15, 0.2) is 0 Å². The van der Waals surface area contributed by atoms with Crippen molar-refractivity contribution in [1.29, 1.82) is 0 Å². The van der Waals surface area contributed by atoms with Crippen LogP contribution in [0.2, 0.25) is 0 Å². The summed E-state index contributed by atoms with van der Waals surface area (Å²) in [7, 11) is 0. The number of amidine groups is 1. The SMILES string of the molecule is C[C@H]1CCCCN1C([O-])=NOCc1ccccc1. The summed E-state index contributed by atoms with van der Waals surface area (Å²) in [5.41, 5.74) is 1.01. The Morgan fingerprint density at radius 2 is 2.17 bits per heavy atom. The first kappa shape index (κ1) is 12.7. The fraction of sp³-hybridized carbons (Fsp3) is 0.500. The topological polar surface area (TPSA) is 47.9 Å². The van der Waals surface area contributed by atoms with Gasteiger partial charge in [0.1, 0.15) is 6.61 Å². The molecular formula is C14H19N2O2-. The molecule has 0 spiro atoms. The first-order valence-corrected chi connectivity index (χ1v) is 6.45. The lowest BCUT2D eigenvalue weighted by molar-refractivity contribution is -0.243. The summed E-state index contributed by atoms with van der Waals surface area (Å²) in [5, 5.41) is 15.5. The number of nitrogens with zero attached hydrogens (tertiary/aromatic N) is 2. The number of rotatable bonds is 3. The van der Waals surface area contributed by atoms with Crippen LogP contribution in [0.4, 0.5) is 0 Å². The molecular weight excluding hydrogens is 228 g/mol. The van der Waals surface area contributed by atoms with Gasteiger partial charge in [-0.25, -0.2) is 0 Å². The smallest absolute Gasteiger partial charge is 0.142 e. The highest BCUT2D eigenvalue weighted by Gasteiger charge is 2.17. The molecule has 4 heteroatoms. The molecule has 98 valence electrons. The van der Waals surface area contributed by atoms with E-state index < -0.39 is 0 Å². The second-order valence-electron chi connectivity index (χ2n) is 4.67. The molecule has 0 amide bonds. The van der Waals surface area contributed by atoms with E-state index in [-0.39, 0.29) is 12.1 Å². The molecule has 1 heterocycles. The average molecular weight is 247 g/mol. The first-order chi connectivity index (χ1) is 8.77. The van der Waals surface area contributed by atoms with Crippen LogP contribution in [-0.4, -0.2) is 23.5 Å². The van der Waals surface area contributed by atoms with Crippen LogP contribution >= 0.6 is 0 Å². The maximum atomic E-state index is 11.8. The van der Waals surface area contributed by atoms with Gasteiger partial charge in [-0.15, -0.1) is 0 Å². The van der Waals surface area contributed by atoms with Crippen molar-refractivity contribution in [2.24, 2.45) is 5.16 Å². The molecule has 0 N–H and O–H groups in total. The Balaban J connectivity index is 1.85. The van der Waals surface area contributed by atoms with Crippen LogP contribution in [0.25, 0.3) is 0 Å². The van der Waals surface area contributed by atoms with Crippen LogP contribution in [0.15, 0.2) is 35.5 Å². The molecule has 1 saturated heterocycles. The van der Waals surface area contributed by atoms with E-state index in [0.29, 0.717) is 6.61 Å². The zero-order valence-corrected chi connectivity index (χ0v) is 10.7. The van der Waals surface area contributed by atoms with Crippen LogP contribution < -0.4 is 5.11 Å². The third kappa shape index (κ3) is 3.39. The highest BCUT2D eigenvalue weighted by atomic mass is 16.6. The maximum Gasteiger partial charge on any atom is 0.142 e. The van der Waals surface area contributed by atoms with Crippen LogP contribution in [0.5, 0.6) is 0 Å². The Kier molecular flexibility index (Phi) is 4.45. The Bertz CT molecular complexity index is 392. The molecule has 1 fully saturated rings. The van der Waals surface area contributed by atoms with E-state index in [1.54, 1.807) is 4.90 Å². The van der Waals surface area contributed by atoms with E-state index in [0.717, 1.165) is 24.9 Å². The second-order valence-corrected chi connectivity index (χ2v) is 4.67. The standard InChI is InChI=1S/C14H20N2O2/c1-12-7-5-6-10-16(12)14(17)15-18-11-13-8-3-2-4-9-13/h2-4,8-9,12H,5-7,10-11H2,1H3,(H,15,17)/p-1/t12-/m0/s1. The molecule has 0 radical (unpaired) electrons. The summed E-state index contributed by atoms with van der Waals surface area (Å²) in [6.45, 7) is 3.19. The minimum absolute atomic E-state index is 0.252. The normalized spacial score (nSPS) is 20.8. The zero-order chi connectivity index (χ0) is 12.8. The first-order valence-electron chi connectivity index (χ1n) is 6.45. The number of hydrogen-bond donors (Lipinski definition) is 0. The van der Waals surface area contributed by atoms with Gasteiger partial charge in [0.2, 0.25) is 0 Å². The van der Waals surface area contributed by atoms with Gasteiger partial charge in [-0.3, -0.25) is 0 Å². The average Bonchev–Trinajstić information content (AvgIpc) is 2.40. The van der Waals surface area contributed by atoms with Gasteiger partial charge in [0, 0.05) is 12.6 Å². The van der Waals surface area contributed by atoms with Crippen LogP contribution in [0.3, 0.4) is 0 Å². The Morgan fingerprint density at radius 3 is 2.89 bits per heavy atom. The second kappa shape index (κ2) is 6.28. The lowest BCUT2D eigenvalue weighted by atomic mass is 10.0. The molecule has 2 rings (SSSR count). The summed E-state index contributed by atoms with van der Waals surface area (Å²) < 4.78 is 0. The van der Waals surface area contributed by atoms with Crippen LogP contribution in [0, 0.1) is 0 Å². The van der Waals surface area contributed by atoms with Crippen molar-refractivity contribution in [2.45, 2.75) is 38.8 Å². The molecule has 1 aromatic carbocycles. The molecule has 0 aromatic heterocycles. The van der Waals surface area contributed by atoms with Crippen molar-refractivity contribution >= 4 is 6.02 Å². The van der Waals surface area contributed by atoms with Crippen molar-refractivity contribution in [2.75, 3.05) is 6.54 Å². The van der Waals surface area contributed by atoms with Gasteiger partial charge in [-0.2, -0.15) is 0 Å². The molecule has 4 nitrogen and oxygen atoms in total. The van der Waals surface area contributed by atoms with Gasteiger partial charge in [-0.05, 0) is 31.7 Å². The third-order valence-corrected chi connectivity index (χ3v) is 3.27. The van der Waals surface area contributed by atoms with Crippen molar-refractivity contribution in [3.63, 3.8) is 0 Å². The summed E-state index contributed by atoms with van der Waals surface area (Å²) in [4.78, 5) is 6.90. The van der Waals surface area contributed by atoms with E-state index in [1.807, 2.05) is 30.3 Å². The van der Waals surface area contributed by atoms with Crippen molar-refractivity contribution in [1.82, 2.24) is 4.90 Å². The summed E-state index contributed by atoms with van der Waals surface area (Å²) in [5.74, 6) is 0. The minimum Gasteiger partial charge on any atom is -0.844 e. The van der Waals surface area contributed by atoms with Crippen molar-refractivity contribution < 1.29 is 9.94 Å². The van der Waals surface area contributed by atoms with E-state index in [2.05, 4.69) is 12.1 Å². The number of likely N-dealkylation sites (tertiary alicyclic amines) is 1. The molecule has 0 saturated carbocycles. The maximum absolute atomic E-state index is 11.8. The fourth-order valence-electron chi connectivity index (χ4n) is 2.17. The molecule has 0 bridgehead atoms. The zero-order valence-electron chi connectivity index (χ0n) is 10.7. The van der Waals surface area contributed by atoms with Crippen molar-refractivity contribution in [3.8, 4) is 0 Å². The predicted octanol–water partition coefficient (Wildman–Crippen LogP) is 1.71. The number of piperidine rings is 1. The lowest BCUT2D eigenvalue weighted by Crippen LogP contribution is -2.48. The Morgan fingerprint density at radius 1 is 1.39 bits per heavy atom. The highest BCUT2D eigenvalue weighted by Crippen LogP contribution is 2.15. The van der Waals surface area contributed by atoms with E-state index in [9.17, 15) is 5.11 Å². The van der Waals surface area contributed by atoms with Gasteiger partial charge >= 0.3 is 0 Å². The predicted molar refractivity (Wildman–Crippen MR) is 68.7 cm³/mol. The van der Waals surface area contributed by atoms with Crippen molar-refractivity contribution in [3.05, 3.63) is 35.9 Å². The monoisotopic (exact) mass is 247 g/mol. The van der Waals surface area contributed by atoms with E-state index >= 15 is 0 Å². The van der Waals surface area contributed by atoms with Gasteiger partial charge < -0.3 is 14.8 Å². The largest absolute Gasteiger partial charge is 0.844 e. The molecule has 18 heavy (non-hydrogen) atoms. The minimum atomic E-state index is -0.252. The summed E-state index contributed by atoms with van der Waals surface area (Å²) in [6.07, 6.45) is 3.31. The number of hydrogen-bond acceptors (Lipinski definition) is 3. The summed E-state index contributed by atoms with van der Waals surface area (Å²) in [6, 6.07) is 9.74. The number of oxime groups is 1. The third-order valence-electron chi connectivity index (χ3n) is 3.27. The molecule has 0 unspecified atom stereocenters. The van der Waals surface area contributed by atoms with E-state index in [4.69, 9.17) is 4.84 Å². The van der Waals surface area contributed by atoms with E-state index in [1.165, 1.54) is 6.42 Å². The number of benzene rings is 1.